The first kappa shape index (κ1) is 27.8. The highest BCUT2D eigenvalue weighted by molar-refractivity contribution is 7.16. The summed E-state index contributed by atoms with van der Waals surface area (Å²) in [5.74, 6) is 0.891. The van der Waals surface area contributed by atoms with Crippen LogP contribution in [0.2, 0.25) is 0 Å². The number of benzene rings is 2. The number of nitro groups is 1. The SMILES string of the molecule is COc1cc(C=Nc2sc3c(c2C#N)CC[C@H](C(C)(C)C)C3)ccc1OCC(=O)Nc1cccc([N+](=O)[O-])c1. The molecule has 0 bridgehead atoms. The van der Waals surface area contributed by atoms with E-state index in [0.29, 0.717) is 33.7 Å². The van der Waals surface area contributed by atoms with Gasteiger partial charge in [0.05, 0.1) is 17.6 Å². The Morgan fingerprint density at radius 2 is 2.08 bits per heavy atom. The van der Waals surface area contributed by atoms with Crippen molar-refractivity contribution in [2.24, 2.45) is 16.3 Å². The van der Waals surface area contributed by atoms with E-state index in [0.717, 1.165) is 30.4 Å². The lowest BCUT2D eigenvalue weighted by molar-refractivity contribution is -0.384. The van der Waals surface area contributed by atoms with Crippen LogP contribution in [0.3, 0.4) is 0 Å². The lowest BCUT2D eigenvalue weighted by Crippen LogP contribution is -2.26. The fourth-order valence-corrected chi connectivity index (χ4v) is 5.79. The molecule has 1 atom stereocenters. The molecule has 0 unspecified atom stereocenters. The molecule has 3 aromatic rings. The number of fused-ring (bicyclic) bond motifs is 1. The average molecular weight is 547 g/mol. The monoisotopic (exact) mass is 546 g/mol. The normalized spacial score (nSPS) is 14.9. The minimum Gasteiger partial charge on any atom is -0.493 e. The highest BCUT2D eigenvalue weighted by Crippen LogP contribution is 2.45. The number of nitro benzene ring substituents is 1. The van der Waals surface area contributed by atoms with Gasteiger partial charge in [-0.15, -0.1) is 11.3 Å². The smallest absolute Gasteiger partial charge is 0.271 e. The number of hydrogen-bond acceptors (Lipinski definition) is 8. The molecule has 0 fully saturated rings. The standard InChI is InChI=1S/C29H30N4O5S/c1-29(2,3)19-9-10-22-23(15-30)28(39-26(22)13-19)31-16-18-8-11-24(25(12-18)37-4)38-17-27(34)32-20-6-5-7-21(14-20)33(35)36/h5-8,11-12,14,16,19H,9-10,13,17H2,1-4H3,(H,32,34)/t19-/m0/s1. The van der Waals surface area contributed by atoms with E-state index in [9.17, 15) is 20.2 Å². The fraction of sp³-hybridized carbons (Fsp3) is 0.345. The molecule has 2 aromatic carbocycles. The summed E-state index contributed by atoms with van der Waals surface area (Å²) in [7, 11) is 1.50. The van der Waals surface area contributed by atoms with Crippen LogP contribution in [-0.4, -0.2) is 30.8 Å². The molecule has 0 radical (unpaired) electrons. The molecule has 10 heteroatoms. The van der Waals surface area contributed by atoms with E-state index in [-0.39, 0.29) is 17.7 Å². The second kappa shape index (κ2) is 11.7. The Kier molecular flexibility index (Phi) is 8.31. The number of thiophene rings is 1. The van der Waals surface area contributed by atoms with Crippen molar-refractivity contribution >= 4 is 39.8 Å². The van der Waals surface area contributed by atoms with Gasteiger partial charge in [0.1, 0.15) is 11.1 Å². The molecular formula is C29H30N4O5S. The van der Waals surface area contributed by atoms with E-state index in [1.807, 2.05) is 0 Å². The van der Waals surface area contributed by atoms with Crippen molar-refractivity contribution in [3.05, 3.63) is 74.1 Å². The molecule has 1 aliphatic rings. The Bertz CT molecular complexity index is 1470. The van der Waals surface area contributed by atoms with Crippen molar-refractivity contribution in [2.45, 2.75) is 40.0 Å². The number of non-ortho nitro benzene ring substituents is 1. The topological polar surface area (TPSA) is 127 Å². The number of anilines is 1. The molecule has 1 aliphatic carbocycles. The van der Waals surface area contributed by atoms with Crippen molar-refractivity contribution in [3.63, 3.8) is 0 Å². The van der Waals surface area contributed by atoms with Gasteiger partial charge in [-0.3, -0.25) is 14.9 Å². The molecule has 1 heterocycles. The van der Waals surface area contributed by atoms with Crippen molar-refractivity contribution in [1.82, 2.24) is 0 Å². The third kappa shape index (κ3) is 6.62. The number of ether oxygens (including phenoxy) is 2. The first-order valence-corrected chi connectivity index (χ1v) is 13.3. The van der Waals surface area contributed by atoms with E-state index in [1.54, 1.807) is 41.8 Å². The minimum absolute atomic E-state index is 0.119. The number of amides is 1. The van der Waals surface area contributed by atoms with E-state index in [1.165, 1.54) is 30.2 Å². The van der Waals surface area contributed by atoms with Crippen LogP contribution in [0.15, 0.2) is 47.5 Å². The summed E-state index contributed by atoms with van der Waals surface area (Å²) < 4.78 is 11.1. The molecule has 0 spiro atoms. The van der Waals surface area contributed by atoms with Gasteiger partial charge < -0.3 is 14.8 Å². The molecule has 0 aliphatic heterocycles. The van der Waals surface area contributed by atoms with Crippen LogP contribution in [-0.2, 0) is 17.6 Å². The average Bonchev–Trinajstić information content (AvgIpc) is 3.27. The Morgan fingerprint density at radius 1 is 1.28 bits per heavy atom. The summed E-state index contributed by atoms with van der Waals surface area (Å²) in [6, 6.07) is 13.2. The van der Waals surface area contributed by atoms with Gasteiger partial charge in [0, 0.05) is 28.9 Å². The van der Waals surface area contributed by atoms with E-state index < -0.39 is 10.8 Å². The van der Waals surface area contributed by atoms with E-state index >= 15 is 0 Å². The molecule has 1 N–H and O–H groups in total. The predicted molar refractivity (Wildman–Crippen MR) is 151 cm³/mol. The maximum absolute atomic E-state index is 12.3. The third-order valence-corrected chi connectivity index (χ3v) is 7.96. The van der Waals surface area contributed by atoms with Crippen LogP contribution < -0.4 is 14.8 Å². The van der Waals surface area contributed by atoms with Gasteiger partial charge in [-0.25, -0.2) is 4.99 Å². The molecule has 1 aromatic heterocycles. The fourth-order valence-electron chi connectivity index (χ4n) is 4.57. The quantitative estimate of drug-likeness (QED) is 0.196. The van der Waals surface area contributed by atoms with Gasteiger partial charge in [-0.2, -0.15) is 5.26 Å². The maximum atomic E-state index is 12.3. The highest BCUT2D eigenvalue weighted by Gasteiger charge is 2.32. The lowest BCUT2D eigenvalue weighted by atomic mass is 9.72. The highest BCUT2D eigenvalue weighted by atomic mass is 32.1. The first-order chi connectivity index (χ1) is 18.6. The summed E-state index contributed by atoms with van der Waals surface area (Å²) >= 11 is 1.59. The van der Waals surface area contributed by atoms with Gasteiger partial charge >= 0.3 is 0 Å². The zero-order valence-electron chi connectivity index (χ0n) is 22.3. The molecule has 0 saturated heterocycles. The molecule has 39 heavy (non-hydrogen) atoms. The number of carbonyl (C=O) groups is 1. The number of rotatable bonds is 8. The zero-order chi connectivity index (χ0) is 28.2. The summed E-state index contributed by atoms with van der Waals surface area (Å²) in [6.07, 6.45) is 4.65. The summed E-state index contributed by atoms with van der Waals surface area (Å²) in [5, 5.41) is 24.1. The number of nitrogens with one attached hydrogen (secondary N) is 1. The maximum Gasteiger partial charge on any atom is 0.271 e. The Balaban J connectivity index is 1.43. The summed E-state index contributed by atoms with van der Waals surface area (Å²) in [5.41, 5.74) is 2.97. The number of hydrogen-bond donors (Lipinski definition) is 1. The number of nitrogens with zero attached hydrogens (tertiary/aromatic N) is 3. The van der Waals surface area contributed by atoms with Crippen LogP contribution in [0, 0.1) is 32.8 Å². The van der Waals surface area contributed by atoms with Crippen LogP contribution in [0.1, 0.15) is 48.8 Å². The lowest BCUT2D eigenvalue weighted by Gasteiger charge is -2.33. The molecule has 0 saturated carbocycles. The van der Waals surface area contributed by atoms with Crippen LogP contribution in [0.25, 0.3) is 0 Å². The molecular weight excluding hydrogens is 516 g/mol. The second-order valence-electron chi connectivity index (χ2n) is 10.4. The molecule has 202 valence electrons. The third-order valence-electron chi connectivity index (χ3n) is 6.80. The van der Waals surface area contributed by atoms with Crippen molar-refractivity contribution in [3.8, 4) is 17.6 Å². The summed E-state index contributed by atoms with van der Waals surface area (Å²) in [4.78, 5) is 28.6. The van der Waals surface area contributed by atoms with Crippen LogP contribution >= 0.6 is 11.3 Å². The minimum atomic E-state index is -0.530. The van der Waals surface area contributed by atoms with Gasteiger partial charge in [-0.05, 0) is 66.0 Å². The molecule has 4 rings (SSSR count). The number of methoxy groups -OCH3 is 1. The Morgan fingerprint density at radius 3 is 2.77 bits per heavy atom. The van der Waals surface area contributed by atoms with E-state index in [4.69, 9.17) is 9.47 Å². The number of aliphatic imine (C=N–C) groups is 1. The number of carbonyl (C=O) groups excluding carboxylic acids is 1. The number of nitriles is 1. The predicted octanol–water partition coefficient (Wildman–Crippen LogP) is 6.46. The van der Waals surface area contributed by atoms with Crippen molar-refractivity contribution in [2.75, 3.05) is 19.0 Å². The summed E-state index contributed by atoms with van der Waals surface area (Å²) in [6.45, 7) is 6.50. The van der Waals surface area contributed by atoms with Gasteiger partial charge in [0.25, 0.3) is 11.6 Å². The van der Waals surface area contributed by atoms with Crippen LogP contribution in [0.4, 0.5) is 16.4 Å². The Hall–Kier alpha value is -4.23. The van der Waals surface area contributed by atoms with Gasteiger partial charge in [-0.1, -0.05) is 26.8 Å². The van der Waals surface area contributed by atoms with Crippen molar-refractivity contribution < 1.29 is 19.2 Å². The largest absolute Gasteiger partial charge is 0.493 e. The second-order valence-corrected chi connectivity index (χ2v) is 11.5. The molecule has 1 amide bonds. The van der Waals surface area contributed by atoms with Gasteiger partial charge in [0.15, 0.2) is 18.1 Å². The first-order valence-electron chi connectivity index (χ1n) is 12.5. The van der Waals surface area contributed by atoms with Crippen molar-refractivity contribution in [1.29, 1.82) is 5.26 Å². The Labute approximate surface area is 231 Å². The molecule has 9 nitrogen and oxygen atoms in total. The van der Waals surface area contributed by atoms with E-state index in [2.05, 4.69) is 37.1 Å². The van der Waals surface area contributed by atoms with Crippen LogP contribution in [0.5, 0.6) is 11.5 Å². The van der Waals surface area contributed by atoms with Gasteiger partial charge in [0.2, 0.25) is 0 Å². The zero-order valence-corrected chi connectivity index (χ0v) is 23.1.